The summed E-state index contributed by atoms with van der Waals surface area (Å²) in [5.74, 6) is -0.222. The van der Waals surface area contributed by atoms with Crippen molar-refractivity contribution < 1.29 is 4.79 Å². The molecular weight excluding hydrogens is 322 g/mol. The molecule has 0 spiro atoms. The van der Waals surface area contributed by atoms with Gasteiger partial charge < -0.3 is 5.32 Å². The standard InChI is InChI=1S/C19H16ClN3O/c1-13-4-6-16(17(20)9-13)15-5-7-18(22-12-15)19(24)23-11-14-3-2-8-21-10-14/h2-10,12H,11H2,1H3,(H,23,24). The van der Waals surface area contributed by atoms with E-state index in [0.29, 0.717) is 17.3 Å². The summed E-state index contributed by atoms with van der Waals surface area (Å²) in [6.07, 6.45) is 5.08. The van der Waals surface area contributed by atoms with Crippen molar-refractivity contribution in [2.45, 2.75) is 13.5 Å². The van der Waals surface area contributed by atoms with Crippen LogP contribution in [0.3, 0.4) is 0 Å². The van der Waals surface area contributed by atoms with Crippen molar-refractivity contribution in [2.24, 2.45) is 0 Å². The first-order chi connectivity index (χ1) is 11.6. The van der Waals surface area contributed by atoms with Crippen LogP contribution in [0.2, 0.25) is 5.02 Å². The van der Waals surface area contributed by atoms with E-state index in [1.54, 1.807) is 24.7 Å². The molecule has 4 nitrogen and oxygen atoms in total. The first-order valence-corrected chi connectivity index (χ1v) is 7.91. The van der Waals surface area contributed by atoms with Crippen molar-refractivity contribution in [2.75, 3.05) is 0 Å². The summed E-state index contributed by atoms with van der Waals surface area (Å²) >= 11 is 6.27. The van der Waals surface area contributed by atoms with Gasteiger partial charge in [0.25, 0.3) is 5.91 Å². The Bertz CT molecular complexity index is 848. The minimum atomic E-state index is -0.222. The van der Waals surface area contributed by atoms with Gasteiger partial charge in [-0.2, -0.15) is 0 Å². The molecule has 120 valence electrons. The topological polar surface area (TPSA) is 54.9 Å². The summed E-state index contributed by atoms with van der Waals surface area (Å²) in [5.41, 5.74) is 4.18. The van der Waals surface area contributed by atoms with Crippen LogP contribution in [0, 0.1) is 6.92 Å². The van der Waals surface area contributed by atoms with Crippen molar-refractivity contribution >= 4 is 17.5 Å². The number of hydrogen-bond acceptors (Lipinski definition) is 3. The van der Waals surface area contributed by atoms with E-state index in [-0.39, 0.29) is 5.91 Å². The van der Waals surface area contributed by atoms with E-state index >= 15 is 0 Å². The molecule has 5 heteroatoms. The predicted molar refractivity (Wildman–Crippen MR) is 94.8 cm³/mol. The zero-order valence-corrected chi connectivity index (χ0v) is 13.9. The lowest BCUT2D eigenvalue weighted by atomic mass is 10.1. The number of aromatic nitrogens is 2. The van der Waals surface area contributed by atoms with Gasteiger partial charge in [-0.15, -0.1) is 0 Å². The van der Waals surface area contributed by atoms with Crippen LogP contribution in [0.4, 0.5) is 0 Å². The predicted octanol–water partition coefficient (Wildman–Crippen LogP) is 4.04. The second kappa shape index (κ2) is 7.23. The molecule has 2 heterocycles. The molecule has 0 bridgehead atoms. The second-order valence-electron chi connectivity index (χ2n) is 5.46. The summed E-state index contributed by atoms with van der Waals surface area (Å²) in [7, 11) is 0. The van der Waals surface area contributed by atoms with Gasteiger partial charge in [-0.05, 0) is 36.2 Å². The van der Waals surface area contributed by atoms with Crippen molar-refractivity contribution in [3.05, 3.63) is 82.9 Å². The van der Waals surface area contributed by atoms with Crippen LogP contribution < -0.4 is 5.32 Å². The van der Waals surface area contributed by atoms with E-state index in [0.717, 1.165) is 22.3 Å². The molecular formula is C19H16ClN3O. The largest absolute Gasteiger partial charge is 0.347 e. The van der Waals surface area contributed by atoms with Gasteiger partial charge in [-0.3, -0.25) is 14.8 Å². The van der Waals surface area contributed by atoms with Gasteiger partial charge in [0.2, 0.25) is 0 Å². The highest BCUT2D eigenvalue weighted by Crippen LogP contribution is 2.28. The summed E-state index contributed by atoms with van der Waals surface area (Å²) in [6.45, 7) is 2.41. The normalized spacial score (nSPS) is 10.4. The maximum Gasteiger partial charge on any atom is 0.270 e. The van der Waals surface area contributed by atoms with Gasteiger partial charge >= 0.3 is 0 Å². The summed E-state index contributed by atoms with van der Waals surface area (Å²) in [6, 6.07) is 13.1. The van der Waals surface area contributed by atoms with Gasteiger partial charge in [-0.1, -0.05) is 35.9 Å². The Balaban J connectivity index is 1.71. The molecule has 1 N–H and O–H groups in total. The van der Waals surface area contributed by atoms with E-state index in [1.807, 2.05) is 43.3 Å². The van der Waals surface area contributed by atoms with E-state index < -0.39 is 0 Å². The maximum atomic E-state index is 12.2. The van der Waals surface area contributed by atoms with Crippen molar-refractivity contribution in [1.29, 1.82) is 0 Å². The zero-order chi connectivity index (χ0) is 16.9. The highest BCUT2D eigenvalue weighted by atomic mass is 35.5. The average Bonchev–Trinajstić information content (AvgIpc) is 2.61. The number of halogens is 1. The molecule has 0 saturated carbocycles. The van der Waals surface area contributed by atoms with Crippen molar-refractivity contribution in [3.63, 3.8) is 0 Å². The number of nitrogens with one attached hydrogen (secondary N) is 1. The van der Waals surface area contributed by atoms with Crippen LogP contribution in [0.5, 0.6) is 0 Å². The Morgan fingerprint density at radius 1 is 1.17 bits per heavy atom. The van der Waals surface area contributed by atoms with Crippen LogP contribution in [0.15, 0.2) is 61.1 Å². The van der Waals surface area contributed by atoms with Gasteiger partial charge in [-0.25, -0.2) is 0 Å². The van der Waals surface area contributed by atoms with E-state index in [2.05, 4.69) is 15.3 Å². The number of rotatable bonds is 4. The SMILES string of the molecule is Cc1ccc(-c2ccc(C(=O)NCc3cccnc3)nc2)c(Cl)c1. The number of aryl methyl sites for hydroxylation is 1. The molecule has 0 aliphatic rings. The number of hydrogen-bond donors (Lipinski definition) is 1. The maximum absolute atomic E-state index is 12.2. The molecule has 0 unspecified atom stereocenters. The van der Waals surface area contributed by atoms with Crippen LogP contribution in [-0.2, 0) is 6.54 Å². The number of pyridine rings is 2. The lowest BCUT2D eigenvalue weighted by molar-refractivity contribution is 0.0946. The van der Waals surface area contributed by atoms with Crippen molar-refractivity contribution in [3.8, 4) is 11.1 Å². The average molecular weight is 338 g/mol. The van der Waals surface area contributed by atoms with Crippen LogP contribution in [0.1, 0.15) is 21.6 Å². The number of carbonyl (C=O) groups is 1. The Labute approximate surface area is 145 Å². The minimum absolute atomic E-state index is 0.222. The summed E-state index contributed by atoms with van der Waals surface area (Å²) in [4.78, 5) is 20.4. The number of amides is 1. The van der Waals surface area contributed by atoms with E-state index in [1.165, 1.54) is 0 Å². The van der Waals surface area contributed by atoms with Crippen LogP contribution in [0.25, 0.3) is 11.1 Å². The first kappa shape index (κ1) is 16.1. The van der Waals surface area contributed by atoms with Crippen LogP contribution >= 0.6 is 11.6 Å². The first-order valence-electron chi connectivity index (χ1n) is 7.53. The third kappa shape index (κ3) is 3.78. The Morgan fingerprint density at radius 3 is 2.71 bits per heavy atom. The zero-order valence-electron chi connectivity index (χ0n) is 13.2. The highest BCUT2D eigenvalue weighted by Gasteiger charge is 2.09. The molecule has 3 rings (SSSR count). The molecule has 1 aromatic carbocycles. The number of carbonyl (C=O) groups excluding carboxylic acids is 1. The quantitative estimate of drug-likeness (QED) is 0.781. The van der Waals surface area contributed by atoms with E-state index in [4.69, 9.17) is 11.6 Å². The molecule has 24 heavy (non-hydrogen) atoms. The van der Waals surface area contributed by atoms with E-state index in [9.17, 15) is 4.79 Å². The molecule has 0 radical (unpaired) electrons. The van der Waals surface area contributed by atoms with Gasteiger partial charge in [0, 0.05) is 41.3 Å². The lowest BCUT2D eigenvalue weighted by Gasteiger charge is -2.07. The molecule has 3 aromatic rings. The molecule has 0 aliphatic carbocycles. The monoisotopic (exact) mass is 337 g/mol. The Hall–Kier alpha value is -2.72. The smallest absolute Gasteiger partial charge is 0.270 e. The third-order valence-corrected chi connectivity index (χ3v) is 3.92. The summed E-state index contributed by atoms with van der Waals surface area (Å²) < 4.78 is 0. The minimum Gasteiger partial charge on any atom is -0.347 e. The van der Waals surface area contributed by atoms with Gasteiger partial charge in [0.05, 0.1) is 0 Å². The molecule has 2 aromatic heterocycles. The summed E-state index contributed by atoms with van der Waals surface area (Å²) in [5, 5.41) is 3.50. The van der Waals surface area contributed by atoms with Gasteiger partial charge in [0.1, 0.15) is 5.69 Å². The van der Waals surface area contributed by atoms with Crippen molar-refractivity contribution in [1.82, 2.24) is 15.3 Å². The lowest BCUT2D eigenvalue weighted by Crippen LogP contribution is -2.23. The Morgan fingerprint density at radius 2 is 2.04 bits per heavy atom. The van der Waals surface area contributed by atoms with Gasteiger partial charge in [0.15, 0.2) is 0 Å². The molecule has 0 aliphatic heterocycles. The third-order valence-electron chi connectivity index (χ3n) is 3.61. The fourth-order valence-electron chi connectivity index (χ4n) is 2.32. The fourth-order valence-corrected chi connectivity index (χ4v) is 2.66. The Kier molecular flexibility index (Phi) is 4.87. The molecule has 1 amide bonds. The fraction of sp³-hybridized carbons (Fsp3) is 0.105. The highest BCUT2D eigenvalue weighted by molar-refractivity contribution is 6.33. The van der Waals surface area contributed by atoms with Crippen LogP contribution in [-0.4, -0.2) is 15.9 Å². The molecule has 0 fully saturated rings. The molecule has 0 atom stereocenters. The second-order valence-corrected chi connectivity index (χ2v) is 5.87. The number of benzene rings is 1. The molecule has 0 saturated heterocycles. The number of nitrogens with zero attached hydrogens (tertiary/aromatic N) is 2.